The Bertz CT molecular complexity index is 711. The Balaban J connectivity index is 1.46. The first-order valence-corrected chi connectivity index (χ1v) is 8.73. The first-order chi connectivity index (χ1) is 12.3. The normalized spacial score (nSPS) is 19.9. The molecule has 0 atom stereocenters. The van der Waals surface area contributed by atoms with E-state index < -0.39 is 5.41 Å². The molecule has 1 aromatic heterocycles. The second-order valence-corrected chi connectivity index (χ2v) is 6.71. The van der Waals surface area contributed by atoms with Crippen LogP contribution in [0.2, 0.25) is 0 Å². The Morgan fingerprint density at radius 3 is 2.60 bits per heavy atom. The van der Waals surface area contributed by atoms with Crippen LogP contribution in [0.1, 0.15) is 18.4 Å². The fraction of sp³-hybridized carbons (Fsp3) is 0.421. The van der Waals surface area contributed by atoms with E-state index >= 15 is 0 Å². The van der Waals surface area contributed by atoms with Gasteiger partial charge in [-0.15, -0.1) is 0 Å². The van der Waals surface area contributed by atoms with Crippen molar-refractivity contribution >= 4 is 11.7 Å². The summed E-state index contributed by atoms with van der Waals surface area (Å²) >= 11 is 0. The lowest BCUT2D eigenvalue weighted by atomic mass is 9.72. The fourth-order valence-electron chi connectivity index (χ4n) is 3.73. The summed E-state index contributed by atoms with van der Waals surface area (Å²) in [7, 11) is 0. The molecule has 2 fully saturated rings. The Hall–Kier alpha value is -2.47. The number of nitrogens with one attached hydrogen (secondary N) is 1. The standard InChI is InChI=1S/C19H22N4O2/c24-18(23-12-16(13-23)22-17-6-9-20-14-21-17)19(7-10-25-11-8-19)15-4-2-1-3-5-15/h1-6,9,14,16H,7-8,10-13H2,(H,20,21,22). The molecule has 0 bridgehead atoms. The number of ether oxygens (including phenoxy) is 1. The van der Waals surface area contributed by atoms with Crippen LogP contribution in [0.3, 0.4) is 0 Å². The topological polar surface area (TPSA) is 67.4 Å². The van der Waals surface area contributed by atoms with E-state index in [-0.39, 0.29) is 11.9 Å². The molecule has 2 saturated heterocycles. The highest BCUT2D eigenvalue weighted by molar-refractivity contribution is 5.89. The lowest BCUT2D eigenvalue weighted by Crippen LogP contribution is -2.62. The van der Waals surface area contributed by atoms with Gasteiger partial charge in [-0.2, -0.15) is 0 Å². The van der Waals surface area contributed by atoms with Crippen LogP contribution >= 0.6 is 0 Å². The van der Waals surface area contributed by atoms with Crippen LogP contribution in [0.4, 0.5) is 5.82 Å². The molecule has 1 N–H and O–H groups in total. The van der Waals surface area contributed by atoms with Gasteiger partial charge in [0.15, 0.2) is 0 Å². The molecule has 3 heterocycles. The van der Waals surface area contributed by atoms with Gasteiger partial charge < -0.3 is 15.0 Å². The number of nitrogens with zero attached hydrogens (tertiary/aromatic N) is 3. The molecule has 2 aromatic rings. The second-order valence-electron chi connectivity index (χ2n) is 6.71. The van der Waals surface area contributed by atoms with Gasteiger partial charge in [0.05, 0.1) is 11.5 Å². The lowest BCUT2D eigenvalue weighted by molar-refractivity contribution is -0.145. The number of rotatable bonds is 4. The highest BCUT2D eigenvalue weighted by Gasteiger charge is 2.46. The molecule has 6 nitrogen and oxygen atoms in total. The van der Waals surface area contributed by atoms with E-state index in [0.717, 1.165) is 24.2 Å². The van der Waals surface area contributed by atoms with Crippen molar-refractivity contribution in [3.8, 4) is 0 Å². The molecule has 25 heavy (non-hydrogen) atoms. The minimum atomic E-state index is -0.445. The molecule has 0 saturated carbocycles. The third-order valence-electron chi connectivity index (χ3n) is 5.18. The van der Waals surface area contributed by atoms with Gasteiger partial charge in [-0.25, -0.2) is 9.97 Å². The molecule has 0 aliphatic carbocycles. The number of carbonyl (C=O) groups is 1. The molecular formula is C19H22N4O2. The highest BCUT2D eigenvalue weighted by Crippen LogP contribution is 2.38. The molecule has 0 radical (unpaired) electrons. The van der Waals surface area contributed by atoms with E-state index in [1.165, 1.54) is 6.33 Å². The number of carbonyl (C=O) groups excluding carboxylic acids is 1. The average Bonchev–Trinajstić information content (AvgIpc) is 2.66. The molecule has 4 rings (SSSR count). The van der Waals surface area contributed by atoms with E-state index in [1.807, 2.05) is 29.2 Å². The van der Waals surface area contributed by atoms with Crippen molar-refractivity contribution in [1.82, 2.24) is 14.9 Å². The molecule has 6 heteroatoms. The second kappa shape index (κ2) is 6.80. The van der Waals surface area contributed by atoms with E-state index in [9.17, 15) is 4.79 Å². The summed E-state index contributed by atoms with van der Waals surface area (Å²) < 4.78 is 5.53. The average molecular weight is 338 g/mol. The van der Waals surface area contributed by atoms with Crippen molar-refractivity contribution in [2.45, 2.75) is 24.3 Å². The molecule has 0 unspecified atom stereocenters. The van der Waals surface area contributed by atoms with Gasteiger partial charge in [0.25, 0.3) is 0 Å². The monoisotopic (exact) mass is 338 g/mol. The van der Waals surface area contributed by atoms with E-state index in [0.29, 0.717) is 26.3 Å². The van der Waals surface area contributed by atoms with Crippen LogP contribution in [0.15, 0.2) is 48.9 Å². The van der Waals surface area contributed by atoms with Gasteiger partial charge in [0.1, 0.15) is 12.1 Å². The van der Waals surface area contributed by atoms with Crippen LogP contribution in [0.25, 0.3) is 0 Å². The quantitative estimate of drug-likeness (QED) is 0.921. The molecule has 0 spiro atoms. The zero-order valence-corrected chi connectivity index (χ0v) is 14.1. The predicted molar refractivity (Wildman–Crippen MR) is 94.2 cm³/mol. The number of likely N-dealkylation sites (tertiary alicyclic amines) is 1. The Morgan fingerprint density at radius 1 is 1.16 bits per heavy atom. The summed E-state index contributed by atoms with van der Waals surface area (Å²) in [6, 6.07) is 12.2. The molecule has 2 aliphatic heterocycles. The number of benzene rings is 1. The van der Waals surface area contributed by atoms with Crippen molar-refractivity contribution in [2.75, 3.05) is 31.6 Å². The molecule has 1 amide bonds. The Morgan fingerprint density at radius 2 is 1.92 bits per heavy atom. The lowest BCUT2D eigenvalue weighted by Gasteiger charge is -2.46. The largest absolute Gasteiger partial charge is 0.381 e. The first-order valence-electron chi connectivity index (χ1n) is 8.73. The van der Waals surface area contributed by atoms with Gasteiger partial charge in [-0.3, -0.25) is 4.79 Å². The van der Waals surface area contributed by atoms with Crippen LogP contribution in [0.5, 0.6) is 0 Å². The van der Waals surface area contributed by atoms with Gasteiger partial charge in [-0.05, 0) is 24.5 Å². The van der Waals surface area contributed by atoms with Crippen molar-refractivity contribution in [3.05, 3.63) is 54.5 Å². The third-order valence-corrected chi connectivity index (χ3v) is 5.18. The fourth-order valence-corrected chi connectivity index (χ4v) is 3.73. The van der Waals surface area contributed by atoms with Crippen molar-refractivity contribution in [2.24, 2.45) is 0 Å². The maximum Gasteiger partial charge on any atom is 0.233 e. The molecule has 2 aliphatic rings. The zero-order valence-electron chi connectivity index (χ0n) is 14.1. The zero-order chi connectivity index (χ0) is 17.1. The van der Waals surface area contributed by atoms with Crippen molar-refractivity contribution in [3.63, 3.8) is 0 Å². The maximum atomic E-state index is 13.3. The first kappa shape index (κ1) is 16.0. The number of aromatic nitrogens is 2. The summed E-state index contributed by atoms with van der Waals surface area (Å²) in [5.74, 6) is 1.03. The minimum Gasteiger partial charge on any atom is -0.381 e. The number of hydrogen-bond donors (Lipinski definition) is 1. The number of hydrogen-bond acceptors (Lipinski definition) is 5. The van der Waals surface area contributed by atoms with Gasteiger partial charge in [0.2, 0.25) is 5.91 Å². The maximum absolute atomic E-state index is 13.3. The third kappa shape index (κ3) is 3.09. The molecular weight excluding hydrogens is 316 g/mol. The number of anilines is 1. The van der Waals surface area contributed by atoms with Crippen molar-refractivity contribution in [1.29, 1.82) is 0 Å². The summed E-state index contributed by atoms with van der Waals surface area (Å²) in [6.07, 6.45) is 4.73. The van der Waals surface area contributed by atoms with Gasteiger partial charge in [-0.1, -0.05) is 30.3 Å². The van der Waals surface area contributed by atoms with Crippen LogP contribution in [0, 0.1) is 0 Å². The van der Waals surface area contributed by atoms with E-state index in [4.69, 9.17) is 4.74 Å². The smallest absolute Gasteiger partial charge is 0.233 e. The van der Waals surface area contributed by atoms with Crippen LogP contribution in [-0.4, -0.2) is 53.1 Å². The Kier molecular flexibility index (Phi) is 4.36. The summed E-state index contributed by atoms with van der Waals surface area (Å²) in [4.78, 5) is 23.4. The van der Waals surface area contributed by atoms with E-state index in [1.54, 1.807) is 6.20 Å². The summed E-state index contributed by atoms with van der Waals surface area (Å²) in [6.45, 7) is 2.69. The van der Waals surface area contributed by atoms with Crippen LogP contribution < -0.4 is 5.32 Å². The summed E-state index contributed by atoms with van der Waals surface area (Å²) in [5.41, 5.74) is 0.662. The van der Waals surface area contributed by atoms with Crippen LogP contribution in [-0.2, 0) is 14.9 Å². The van der Waals surface area contributed by atoms with Gasteiger partial charge >= 0.3 is 0 Å². The minimum absolute atomic E-state index is 0.225. The van der Waals surface area contributed by atoms with Crippen molar-refractivity contribution < 1.29 is 9.53 Å². The Labute approximate surface area is 147 Å². The molecule has 1 aromatic carbocycles. The highest BCUT2D eigenvalue weighted by atomic mass is 16.5. The predicted octanol–water partition coefficient (Wildman–Crippen LogP) is 1.85. The molecule has 130 valence electrons. The number of amides is 1. The van der Waals surface area contributed by atoms with Gasteiger partial charge in [0, 0.05) is 32.5 Å². The summed E-state index contributed by atoms with van der Waals surface area (Å²) in [5, 5.41) is 3.35. The van der Waals surface area contributed by atoms with E-state index in [2.05, 4.69) is 27.4 Å². The SMILES string of the molecule is O=C(N1CC(Nc2ccncn2)C1)C1(c2ccccc2)CCOCC1.